The second-order valence-corrected chi connectivity index (χ2v) is 13.4. The molecule has 0 saturated carbocycles. The Morgan fingerprint density at radius 2 is 1.52 bits per heavy atom. The molecule has 1 atom stereocenters. The second kappa shape index (κ2) is 16.1. The van der Waals surface area contributed by atoms with E-state index >= 15 is 0 Å². The van der Waals surface area contributed by atoms with E-state index in [0.717, 1.165) is 32.7 Å². The zero-order chi connectivity index (χ0) is 33.1. The van der Waals surface area contributed by atoms with Crippen molar-refractivity contribution in [2.75, 3.05) is 17.4 Å². The van der Waals surface area contributed by atoms with Crippen molar-refractivity contribution in [2.45, 2.75) is 43.7 Å². The van der Waals surface area contributed by atoms with Gasteiger partial charge in [-0.2, -0.15) is 0 Å². The van der Waals surface area contributed by atoms with E-state index in [9.17, 15) is 28.1 Å². The Bertz CT molecular complexity index is 1740. The fourth-order valence-electron chi connectivity index (χ4n) is 4.88. The topological polar surface area (TPSA) is 130 Å². The lowest BCUT2D eigenvalue weighted by molar-refractivity contribution is -0.384. The number of unbranched alkanes of at least 4 members (excludes halogenated alkanes) is 1. The SMILES string of the molecule is CCCCNC(=O)[C@@H](Cc1ccccc1)N(Cc1cccc(Br)c1)C(=O)CN(c1ccc([N+](=O)[O-])cc1)S(=O)(=O)c1ccccc1. The molecule has 0 radical (unpaired) electrons. The summed E-state index contributed by atoms with van der Waals surface area (Å²) in [6.45, 7) is 1.81. The van der Waals surface area contributed by atoms with Crippen LogP contribution in [0.5, 0.6) is 0 Å². The van der Waals surface area contributed by atoms with Gasteiger partial charge in [-0.3, -0.25) is 24.0 Å². The highest BCUT2D eigenvalue weighted by molar-refractivity contribution is 9.10. The number of carbonyl (C=O) groups is 2. The van der Waals surface area contributed by atoms with Crippen LogP contribution in [0.15, 0.2) is 119 Å². The lowest BCUT2D eigenvalue weighted by Gasteiger charge is -2.34. The Balaban J connectivity index is 1.79. The van der Waals surface area contributed by atoms with Crippen LogP contribution in [-0.2, 0) is 32.6 Å². The van der Waals surface area contributed by atoms with Crippen molar-refractivity contribution in [3.63, 3.8) is 0 Å². The summed E-state index contributed by atoms with van der Waals surface area (Å²) in [6, 6.07) is 28.3. The molecule has 4 aromatic rings. The normalized spacial score (nSPS) is 11.8. The Kier molecular flexibility index (Phi) is 12.0. The molecular weight excluding hydrogens is 672 g/mol. The van der Waals surface area contributed by atoms with E-state index in [1.165, 1.54) is 41.3 Å². The molecule has 46 heavy (non-hydrogen) atoms. The summed E-state index contributed by atoms with van der Waals surface area (Å²) >= 11 is 3.47. The van der Waals surface area contributed by atoms with Crippen molar-refractivity contribution in [3.05, 3.63) is 135 Å². The number of benzene rings is 4. The first-order chi connectivity index (χ1) is 22.1. The summed E-state index contributed by atoms with van der Waals surface area (Å²) < 4.78 is 29.7. The summed E-state index contributed by atoms with van der Waals surface area (Å²) in [5, 5.41) is 14.3. The largest absolute Gasteiger partial charge is 0.354 e. The number of nitrogens with zero attached hydrogens (tertiary/aromatic N) is 3. The van der Waals surface area contributed by atoms with Crippen LogP contribution in [0.4, 0.5) is 11.4 Å². The molecule has 0 unspecified atom stereocenters. The van der Waals surface area contributed by atoms with Crippen LogP contribution in [0.3, 0.4) is 0 Å². The van der Waals surface area contributed by atoms with E-state index in [4.69, 9.17) is 0 Å². The smallest absolute Gasteiger partial charge is 0.269 e. The number of amides is 2. The maximum Gasteiger partial charge on any atom is 0.269 e. The Labute approximate surface area is 277 Å². The highest BCUT2D eigenvalue weighted by atomic mass is 79.9. The third kappa shape index (κ3) is 9.01. The number of nitro groups is 1. The van der Waals surface area contributed by atoms with Gasteiger partial charge in [0.2, 0.25) is 11.8 Å². The first-order valence-electron chi connectivity index (χ1n) is 14.8. The molecule has 0 aliphatic rings. The molecule has 2 amide bonds. The van der Waals surface area contributed by atoms with Gasteiger partial charge in [-0.1, -0.05) is 89.9 Å². The minimum atomic E-state index is -4.31. The number of anilines is 1. The van der Waals surface area contributed by atoms with Crippen LogP contribution in [-0.4, -0.2) is 49.2 Å². The summed E-state index contributed by atoms with van der Waals surface area (Å²) in [6.07, 6.45) is 1.82. The monoisotopic (exact) mass is 706 g/mol. The van der Waals surface area contributed by atoms with Gasteiger partial charge in [0.15, 0.2) is 0 Å². The van der Waals surface area contributed by atoms with Crippen LogP contribution in [0, 0.1) is 10.1 Å². The Morgan fingerprint density at radius 1 is 0.891 bits per heavy atom. The average Bonchev–Trinajstić information content (AvgIpc) is 3.06. The van der Waals surface area contributed by atoms with Crippen molar-refractivity contribution in [1.29, 1.82) is 0 Å². The summed E-state index contributed by atoms with van der Waals surface area (Å²) in [5.74, 6) is -0.974. The molecular formula is C34H35BrN4O6S. The van der Waals surface area contributed by atoms with Gasteiger partial charge in [-0.25, -0.2) is 8.42 Å². The van der Waals surface area contributed by atoms with E-state index in [-0.39, 0.29) is 35.1 Å². The number of halogens is 1. The van der Waals surface area contributed by atoms with Crippen molar-refractivity contribution < 1.29 is 22.9 Å². The van der Waals surface area contributed by atoms with E-state index in [2.05, 4.69) is 21.2 Å². The standard InChI is InChI=1S/C34H35BrN4O6S/c1-2-3-21-36-34(41)32(23-26-11-6-4-7-12-26)37(24-27-13-10-14-28(35)22-27)33(40)25-38(29-17-19-30(20-18-29)39(42)43)46(44,45)31-15-8-5-9-16-31/h4-20,22,32H,2-3,21,23-25H2,1H3,(H,36,41)/t32-/m1/s1. The molecule has 0 heterocycles. The quantitative estimate of drug-likeness (QED) is 0.0902. The first kappa shape index (κ1) is 34.3. The number of nitro benzene ring substituents is 1. The molecule has 4 rings (SSSR count). The van der Waals surface area contributed by atoms with Gasteiger partial charge in [-0.05, 0) is 53.9 Å². The number of non-ortho nitro benzene ring substituents is 1. The second-order valence-electron chi connectivity index (χ2n) is 10.6. The Hall–Kier alpha value is -4.55. The van der Waals surface area contributed by atoms with Crippen LogP contribution in [0.25, 0.3) is 0 Å². The van der Waals surface area contributed by atoms with Crippen molar-refractivity contribution in [1.82, 2.24) is 10.2 Å². The van der Waals surface area contributed by atoms with Crippen LogP contribution in [0.2, 0.25) is 0 Å². The van der Waals surface area contributed by atoms with Crippen molar-refractivity contribution in [3.8, 4) is 0 Å². The molecule has 0 aliphatic carbocycles. The molecule has 1 N–H and O–H groups in total. The summed E-state index contributed by atoms with van der Waals surface area (Å²) in [4.78, 5) is 40.3. The lowest BCUT2D eigenvalue weighted by atomic mass is 10.0. The number of rotatable bonds is 15. The molecule has 0 aliphatic heterocycles. The van der Waals surface area contributed by atoms with Crippen LogP contribution in [0.1, 0.15) is 30.9 Å². The first-order valence-corrected chi connectivity index (χ1v) is 17.0. The van der Waals surface area contributed by atoms with E-state index in [1.54, 1.807) is 18.2 Å². The van der Waals surface area contributed by atoms with Gasteiger partial charge in [0.25, 0.3) is 15.7 Å². The number of sulfonamides is 1. The average molecular weight is 708 g/mol. The number of carbonyl (C=O) groups excluding carboxylic acids is 2. The molecule has 0 aromatic heterocycles. The predicted octanol–water partition coefficient (Wildman–Crippen LogP) is 6.11. The van der Waals surface area contributed by atoms with E-state index < -0.39 is 33.4 Å². The molecule has 4 aromatic carbocycles. The van der Waals surface area contributed by atoms with Crippen LogP contribution >= 0.6 is 15.9 Å². The van der Waals surface area contributed by atoms with E-state index in [1.807, 2.05) is 61.5 Å². The number of hydrogen-bond acceptors (Lipinski definition) is 6. The lowest BCUT2D eigenvalue weighted by Crippen LogP contribution is -2.53. The molecule has 240 valence electrons. The fraction of sp³-hybridized carbons (Fsp3) is 0.235. The third-order valence-electron chi connectivity index (χ3n) is 7.30. The van der Waals surface area contributed by atoms with Crippen molar-refractivity contribution >= 4 is 49.1 Å². The molecule has 10 nitrogen and oxygen atoms in total. The maximum absolute atomic E-state index is 14.5. The third-order valence-corrected chi connectivity index (χ3v) is 9.58. The maximum atomic E-state index is 14.5. The van der Waals surface area contributed by atoms with Gasteiger partial charge in [-0.15, -0.1) is 0 Å². The molecule has 0 fully saturated rings. The molecule has 12 heteroatoms. The van der Waals surface area contributed by atoms with Gasteiger partial charge in [0, 0.05) is 36.1 Å². The number of nitrogens with one attached hydrogen (secondary N) is 1. The minimum absolute atomic E-state index is 0.0243. The molecule has 0 saturated heterocycles. The molecule has 0 spiro atoms. The zero-order valence-corrected chi connectivity index (χ0v) is 27.7. The van der Waals surface area contributed by atoms with E-state index in [0.29, 0.717) is 6.54 Å². The molecule has 0 bridgehead atoms. The highest BCUT2D eigenvalue weighted by Crippen LogP contribution is 2.27. The van der Waals surface area contributed by atoms with Gasteiger partial charge < -0.3 is 10.2 Å². The van der Waals surface area contributed by atoms with Crippen molar-refractivity contribution in [2.24, 2.45) is 0 Å². The minimum Gasteiger partial charge on any atom is -0.354 e. The Morgan fingerprint density at radius 3 is 2.13 bits per heavy atom. The van der Waals surface area contributed by atoms with Gasteiger partial charge in [0.1, 0.15) is 12.6 Å². The van der Waals surface area contributed by atoms with Gasteiger partial charge >= 0.3 is 0 Å². The summed E-state index contributed by atoms with van der Waals surface area (Å²) in [5.41, 5.74) is 1.40. The zero-order valence-electron chi connectivity index (χ0n) is 25.3. The fourth-order valence-corrected chi connectivity index (χ4v) is 6.76. The number of hydrogen-bond donors (Lipinski definition) is 1. The summed E-state index contributed by atoms with van der Waals surface area (Å²) in [7, 11) is -4.31. The predicted molar refractivity (Wildman–Crippen MR) is 181 cm³/mol. The highest BCUT2D eigenvalue weighted by Gasteiger charge is 2.34. The van der Waals surface area contributed by atoms with Crippen LogP contribution < -0.4 is 9.62 Å². The van der Waals surface area contributed by atoms with Gasteiger partial charge in [0.05, 0.1) is 15.5 Å².